The summed E-state index contributed by atoms with van der Waals surface area (Å²) in [6.45, 7) is 5.27. The number of carbonyl (C=O) groups excluding carboxylic acids is 2. The Hall–Kier alpha value is -2.15. The molecular weight excluding hydrogens is 322 g/mol. The van der Waals surface area contributed by atoms with E-state index < -0.39 is 11.7 Å². The lowest BCUT2D eigenvalue weighted by molar-refractivity contribution is -0.116. The topological polar surface area (TPSA) is 93.9 Å². The second kappa shape index (κ2) is 7.41. The lowest BCUT2D eigenvalue weighted by atomic mass is 10.2. The molecular formula is C15H22ClN3O4. The molecule has 1 rings (SSSR count). The fourth-order valence-electron chi connectivity index (χ4n) is 1.78. The minimum atomic E-state index is -0.631. The Balaban J connectivity index is 3.10. The largest absolute Gasteiger partial charge is 0.494 e. The van der Waals surface area contributed by atoms with Crippen molar-refractivity contribution in [2.24, 2.45) is 0 Å². The lowest BCUT2D eigenvalue weighted by Gasteiger charge is -2.22. The summed E-state index contributed by atoms with van der Waals surface area (Å²) >= 11 is 5.55. The van der Waals surface area contributed by atoms with Gasteiger partial charge in [0.05, 0.1) is 24.2 Å². The number of alkyl halides is 1. The van der Waals surface area contributed by atoms with Crippen molar-refractivity contribution in [2.45, 2.75) is 26.4 Å². The lowest BCUT2D eigenvalue weighted by Crippen LogP contribution is -2.29. The number of carbonyl (C=O) groups is 2. The molecule has 7 nitrogen and oxygen atoms in total. The van der Waals surface area contributed by atoms with Gasteiger partial charge in [-0.2, -0.15) is 0 Å². The maximum Gasteiger partial charge on any atom is 0.412 e. The predicted molar refractivity (Wildman–Crippen MR) is 91.4 cm³/mol. The van der Waals surface area contributed by atoms with Crippen molar-refractivity contribution in [2.75, 3.05) is 36.0 Å². The van der Waals surface area contributed by atoms with Crippen molar-refractivity contribution in [3.05, 3.63) is 12.1 Å². The molecule has 0 aliphatic carbocycles. The van der Waals surface area contributed by atoms with Gasteiger partial charge >= 0.3 is 6.09 Å². The Labute approximate surface area is 140 Å². The van der Waals surface area contributed by atoms with Crippen LogP contribution in [0.15, 0.2) is 12.1 Å². The molecule has 1 aromatic carbocycles. The van der Waals surface area contributed by atoms with E-state index in [-0.39, 0.29) is 17.5 Å². The van der Waals surface area contributed by atoms with E-state index in [1.807, 2.05) is 0 Å². The Bertz CT molecular complexity index is 599. The third-order valence-electron chi connectivity index (χ3n) is 2.83. The van der Waals surface area contributed by atoms with Crippen LogP contribution in [0.1, 0.15) is 20.8 Å². The zero-order valence-corrected chi connectivity index (χ0v) is 14.7. The summed E-state index contributed by atoms with van der Waals surface area (Å²) < 4.78 is 10.4. The van der Waals surface area contributed by atoms with Crippen LogP contribution in [0.5, 0.6) is 5.75 Å². The van der Waals surface area contributed by atoms with Crippen LogP contribution < -0.4 is 20.7 Å². The molecule has 1 aromatic rings. The number of ether oxygens (including phenoxy) is 2. The summed E-state index contributed by atoms with van der Waals surface area (Å²) in [5.41, 5.74) is 6.39. The number of methoxy groups -OCH3 is 1. The molecule has 0 bridgehead atoms. The molecule has 3 N–H and O–H groups in total. The Morgan fingerprint density at radius 1 is 1.35 bits per heavy atom. The van der Waals surface area contributed by atoms with Crippen LogP contribution in [0.25, 0.3) is 0 Å². The van der Waals surface area contributed by atoms with Crippen molar-refractivity contribution < 1.29 is 19.1 Å². The molecule has 0 aromatic heterocycles. The molecule has 0 aliphatic heterocycles. The summed E-state index contributed by atoms with van der Waals surface area (Å²) in [6.07, 6.45) is -0.631. The molecule has 23 heavy (non-hydrogen) atoms. The van der Waals surface area contributed by atoms with Crippen LogP contribution >= 0.6 is 11.6 Å². The molecule has 0 saturated heterocycles. The quantitative estimate of drug-likeness (QED) is 0.647. The van der Waals surface area contributed by atoms with Gasteiger partial charge in [0.2, 0.25) is 5.91 Å². The van der Waals surface area contributed by atoms with Gasteiger partial charge in [-0.25, -0.2) is 4.79 Å². The first-order valence-electron chi connectivity index (χ1n) is 6.89. The fraction of sp³-hybridized carbons (Fsp3) is 0.467. The molecule has 0 unspecified atom stereocenters. The molecule has 0 atom stereocenters. The highest BCUT2D eigenvalue weighted by Gasteiger charge is 2.20. The number of anilines is 3. The monoisotopic (exact) mass is 343 g/mol. The molecule has 2 amide bonds. The smallest absolute Gasteiger partial charge is 0.412 e. The second-order valence-corrected chi connectivity index (χ2v) is 6.09. The molecule has 0 heterocycles. The number of rotatable bonds is 4. The van der Waals surface area contributed by atoms with Crippen LogP contribution in [0.3, 0.4) is 0 Å². The minimum Gasteiger partial charge on any atom is -0.494 e. The highest BCUT2D eigenvalue weighted by atomic mass is 35.5. The average Bonchev–Trinajstić information content (AvgIpc) is 2.43. The van der Waals surface area contributed by atoms with Crippen molar-refractivity contribution in [3.63, 3.8) is 0 Å². The number of amides is 2. The summed E-state index contributed by atoms with van der Waals surface area (Å²) in [7, 11) is 3.00. The number of nitrogens with two attached hydrogens (primary N) is 1. The summed E-state index contributed by atoms with van der Waals surface area (Å²) in [5, 5.41) is 2.57. The molecule has 8 heteroatoms. The number of hydrogen-bond acceptors (Lipinski definition) is 5. The fourth-order valence-corrected chi connectivity index (χ4v) is 1.96. The van der Waals surface area contributed by atoms with Crippen LogP contribution in [-0.4, -0.2) is 37.6 Å². The van der Waals surface area contributed by atoms with Gasteiger partial charge < -0.3 is 20.1 Å². The summed E-state index contributed by atoms with van der Waals surface area (Å²) in [6, 6.07) is 3.04. The Kier molecular flexibility index (Phi) is 6.09. The van der Waals surface area contributed by atoms with Crippen LogP contribution in [0.2, 0.25) is 0 Å². The average molecular weight is 344 g/mol. The maximum atomic E-state index is 11.9. The van der Waals surface area contributed by atoms with Gasteiger partial charge in [0, 0.05) is 13.1 Å². The van der Waals surface area contributed by atoms with Gasteiger partial charge in [-0.15, -0.1) is 11.6 Å². The molecule has 0 radical (unpaired) electrons. The minimum absolute atomic E-state index is 0.170. The Morgan fingerprint density at radius 2 is 1.96 bits per heavy atom. The van der Waals surface area contributed by atoms with Crippen molar-refractivity contribution in [1.29, 1.82) is 0 Å². The van der Waals surface area contributed by atoms with Gasteiger partial charge in [-0.1, -0.05) is 0 Å². The van der Waals surface area contributed by atoms with Gasteiger partial charge in [0.25, 0.3) is 0 Å². The molecule has 0 saturated carbocycles. The zero-order valence-electron chi connectivity index (χ0n) is 13.9. The first kappa shape index (κ1) is 18.9. The molecule has 0 spiro atoms. The van der Waals surface area contributed by atoms with E-state index in [9.17, 15) is 9.59 Å². The van der Waals surface area contributed by atoms with Crippen LogP contribution in [0.4, 0.5) is 21.9 Å². The first-order valence-corrected chi connectivity index (χ1v) is 7.42. The highest BCUT2D eigenvalue weighted by Crippen LogP contribution is 2.35. The number of benzene rings is 1. The number of nitrogen functional groups attached to an aromatic ring is 1. The van der Waals surface area contributed by atoms with E-state index in [1.165, 1.54) is 18.1 Å². The van der Waals surface area contributed by atoms with Crippen molar-refractivity contribution in [1.82, 2.24) is 0 Å². The predicted octanol–water partition coefficient (Wildman–Crippen LogP) is 2.83. The van der Waals surface area contributed by atoms with E-state index >= 15 is 0 Å². The van der Waals surface area contributed by atoms with Crippen LogP contribution in [0, 0.1) is 0 Å². The van der Waals surface area contributed by atoms with E-state index in [1.54, 1.807) is 33.9 Å². The van der Waals surface area contributed by atoms with E-state index in [2.05, 4.69) is 5.32 Å². The highest BCUT2D eigenvalue weighted by molar-refractivity contribution is 6.29. The van der Waals surface area contributed by atoms with Crippen LogP contribution in [-0.2, 0) is 9.53 Å². The Morgan fingerprint density at radius 3 is 2.43 bits per heavy atom. The number of hydrogen-bond donors (Lipinski definition) is 2. The van der Waals surface area contributed by atoms with Gasteiger partial charge in [-0.05, 0) is 26.8 Å². The van der Waals surface area contributed by atoms with Gasteiger partial charge in [-0.3, -0.25) is 10.1 Å². The normalized spacial score (nSPS) is 10.9. The molecule has 0 fully saturated rings. The van der Waals surface area contributed by atoms with E-state index in [0.717, 1.165) is 0 Å². The van der Waals surface area contributed by atoms with Gasteiger partial charge in [0.15, 0.2) is 0 Å². The van der Waals surface area contributed by atoms with E-state index in [4.69, 9.17) is 26.8 Å². The zero-order chi connectivity index (χ0) is 17.8. The second-order valence-electron chi connectivity index (χ2n) is 5.82. The SMILES string of the molecule is COc1cc(N(C)C(=O)CCl)c(N)cc1NC(=O)OC(C)(C)C. The van der Waals surface area contributed by atoms with Crippen molar-refractivity contribution >= 4 is 40.7 Å². The standard InChI is InChI=1S/C15H22ClN3O4/c1-15(2,3)23-14(21)18-10-6-9(17)11(7-12(10)22-5)19(4)13(20)8-16/h6-7H,8,17H2,1-5H3,(H,18,21). The van der Waals surface area contributed by atoms with E-state index in [0.29, 0.717) is 17.1 Å². The maximum absolute atomic E-state index is 11.9. The van der Waals surface area contributed by atoms with Gasteiger partial charge in [0.1, 0.15) is 17.2 Å². The number of nitrogens with zero attached hydrogens (tertiary/aromatic N) is 1. The summed E-state index contributed by atoms with van der Waals surface area (Å²) in [4.78, 5) is 24.9. The third kappa shape index (κ3) is 5.21. The number of nitrogens with one attached hydrogen (secondary N) is 1. The third-order valence-corrected chi connectivity index (χ3v) is 3.06. The molecule has 0 aliphatic rings. The molecule has 128 valence electrons. The summed E-state index contributed by atoms with van der Waals surface area (Å²) in [5.74, 6) is -0.140. The van der Waals surface area contributed by atoms with Crippen molar-refractivity contribution in [3.8, 4) is 5.75 Å². The number of halogens is 1. The first-order chi connectivity index (χ1) is 10.6.